The van der Waals surface area contributed by atoms with E-state index in [1.165, 1.54) is 0 Å². The fourth-order valence-electron chi connectivity index (χ4n) is 2.04. The molecule has 0 N–H and O–H groups in total. The van der Waals surface area contributed by atoms with Crippen LogP contribution in [0.2, 0.25) is 5.02 Å². The molecule has 0 aliphatic carbocycles. The third kappa shape index (κ3) is 3.12. The van der Waals surface area contributed by atoms with Crippen LogP contribution in [0.5, 0.6) is 5.75 Å². The summed E-state index contributed by atoms with van der Waals surface area (Å²) in [5.41, 5.74) is 1.85. The third-order valence-electron chi connectivity index (χ3n) is 3.25. The summed E-state index contributed by atoms with van der Waals surface area (Å²) < 4.78 is 11.5. The molecule has 0 bridgehead atoms. The number of benzene rings is 2. The normalized spacial score (nSPS) is 12.1. The molecule has 2 aromatic carbocycles. The molecule has 1 atom stereocenters. The number of aryl methyl sites for hydroxylation is 1. The molecule has 5 heteroatoms. The molecule has 0 saturated carbocycles. The lowest BCUT2D eigenvalue weighted by Crippen LogP contribution is -2.03. The Balaban J connectivity index is 1.77. The Morgan fingerprint density at radius 2 is 1.86 bits per heavy atom. The van der Waals surface area contributed by atoms with E-state index in [1.54, 1.807) is 0 Å². The molecule has 1 unspecified atom stereocenters. The average molecular weight is 315 g/mol. The molecule has 3 aromatic rings. The Morgan fingerprint density at radius 1 is 1.09 bits per heavy atom. The van der Waals surface area contributed by atoms with Gasteiger partial charge in [0.25, 0.3) is 5.89 Å². The van der Waals surface area contributed by atoms with Crippen molar-refractivity contribution in [2.75, 3.05) is 0 Å². The highest BCUT2D eigenvalue weighted by Gasteiger charge is 2.16. The van der Waals surface area contributed by atoms with E-state index in [-0.39, 0.29) is 6.10 Å². The summed E-state index contributed by atoms with van der Waals surface area (Å²) in [4.78, 5) is 0. The second-order valence-corrected chi connectivity index (χ2v) is 5.39. The van der Waals surface area contributed by atoms with E-state index in [0.29, 0.717) is 22.6 Å². The molecular formula is C17H15ClN2O2. The van der Waals surface area contributed by atoms with Gasteiger partial charge in [-0.3, -0.25) is 0 Å². The van der Waals surface area contributed by atoms with Gasteiger partial charge in [-0.2, -0.15) is 0 Å². The van der Waals surface area contributed by atoms with Crippen LogP contribution in [0.3, 0.4) is 0 Å². The van der Waals surface area contributed by atoms with E-state index in [0.717, 1.165) is 11.1 Å². The standard InChI is InChI=1S/C17H15ClN2O2/c1-11-10-14(8-9-15(11)18)21-12(2)16-19-20-17(22-16)13-6-4-3-5-7-13/h3-10,12H,1-2H3. The van der Waals surface area contributed by atoms with Crippen molar-refractivity contribution in [1.82, 2.24) is 10.2 Å². The van der Waals surface area contributed by atoms with E-state index in [2.05, 4.69) is 10.2 Å². The van der Waals surface area contributed by atoms with Gasteiger partial charge in [0, 0.05) is 10.6 Å². The zero-order chi connectivity index (χ0) is 15.5. The van der Waals surface area contributed by atoms with Crippen LogP contribution in [-0.2, 0) is 0 Å². The number of hydrogen-bond donors (Lipinski definition) is 0. The van der Waals surface area contributed by atoms with Crippen molar-refractivity contribution in [3.05, 3.63) is 65.0 Å². The largest absolute Gasteiger partial charge is 0.481 e. The summed E-state index contributed by atoms with van der Waals surface area (Å²) in [6.07, 6.45) is -0.342. The molecule has 1 aromatic heterocycles. The first kappa shape index (κ1) is 14.6. The minimum absolute atomic E-state index is 0.342. The van der Waals surface area contributed by atoms with Crippen LogP contribution in [0.25, 0.3) is 11.5 Å². The summed E-state index contributed by atoms with van der Waals surface area (Å²) in [5.74, 6) is 1.64. The van der Waals surface area contributed by atoms with Crippen LogP contribution >= 0.6 is 11.6 Å². The summed E-state index contributed by atoms with van der Waals surface area (Å²) >= 11 is 6.01. The molecule has 22 heavy (non-hydrogen) atoms. The van der Waals surface area contributed by atoms with Gasteiger partial charge in [0.15, 0.2) is 6.10 Å². The van der Waals surface area contributed by atoms with Crippen LogP contribution < -0.4 is 4.74 Å². The Labute approximate surface area is 133 Å². The van der Waals surface area contributed by atoms with Gasteiger partial charge < -0.3 is 9.15 Å². The first-order valence-electron chi connectivity index (χ1n) is 6.95. The van der Waals surface area contributed by atoms with Gasteiger partial charge >= 0.3 is 0 Å². The van der Waals surface area contributed by atoms with Crippen molar-refractivity contribution < 1.29 is 9.15 Å². The van der Waals surface area contributed by atoms with Crippen LogP contribution in [0, 0.1) is 6.92 Å². The Morgan fingerprint density at radius 3 is 2.59 bits per heavy atom. The van der Waals surface area contributed by atoms with Crippen molar-refractivity contribution >= 4 is 11.6 Å². The predicted molar refractivity (Wildman–Crippen MR) is 85.0 cm³/mol. The van der Waals surface area contributed by atoms with Crippen LogP contribution in [-0.4, -0.2) is 10.2 Å². The molecule has 1 heterocycles. The number of ether oxygens (including phenoxy) is 1. The average Bonchev–Trinajstić information content (AvgIpc) is 3.02. The Bertz CT molecular complexity index is 771. The molecule has 4 nitrogen and oxygen atoms in total. The van der Waals surface area contributed by atoms with Crippen LogP contribution in [0.4, 0.5) is 0 Å². The van der Waals surface area contributed by atoms with Crippen molar-refractivity contribution in [1.29, 1.82) is 0 Å². The van der Waals surface area contributed by atoms with E-state index >= 15 is 0 Å². The molecule has 3 rings (SSSR count). The number of rotatable bonds is 4. The topological polar surface area (TPSA) is 48.2 Å². The van der Waals surface area contributed by atoms with Crippen LogP contribution in [0.1, 0.15) is 24.5 Å². The quantitative estimate of drug-likeness (QED) is 0.691. The predicted octanol–water partition coefficient (Wildman–Crippen LogP) is 4.84. The highest BCUT2D eigenvalue weighted by molar-refractivity contribution is 6.31. The Hall–Kier alpha value is -2.33. The molecule has 0 amide bonds. The minimum atomic E-state index is -0.342. The van der Waals surface area contributed by atoms with Crippen molar-refractivity contribution in [3.8, 4) is 17.2 Å². The van der Waals surface area contributed by atoms with E-state index in [1.807, 2.05) is 62.4 Å². The number of hydrogen-bond acceptors (Lipinski definition) is 4. The smallest absolute Gasteiger partial charge is 0.257 e. The van der Waals surface area contributed by atoms with Gasteiger partial charge in [-0.05, 0) is 49.7 Å². The van der Waals surface area contributed by atoms with Gasteiger partial charge in [-0.1, -0.05) is 29.8 Å². The summed E-state index contributed by atoms with van der Waals surface area (Å²) in [6.45, 7) is 3.80. The molecule has 0 aliphatic heterocycles. The second kappa shape index (κ2) is 6.20. The monoisotopic (exact) mass is 314 g/mol. The minimum Gasteiger partial charge on any atom is -0.481 e. The second-order valence-electron chi connectivity index (χ2n) is 4.98. The molecule has 0 radical (unpaired) electrons. The maximum absolute atomic E-state index is 6.01. The van der Waals surface area contributed by atoms with Gasteiger partial charge in [0.05, 0.1) is 0 Å². The Kier molecular flexibility index (Phi) is 4.11. The lowest BCUT2D eigenvalue weighted by atomic mass is 10.2. The molecule has 0 aliphatic rings. The highest BCUT2D eigenvalue weighted by atomic mass is 35.5. The SMILES string of the molecule is Cc1cc(OC(C)c2nnc(-c3ccccc3)o2)ccc1Cl. The first-order chi connectivity index (χ1) is 10.6. The highest BCUT2D eigenvalue weighted by Crippen LogP contribution is 2.26. The van der Waals surface area contributed by atoms with Crippen molar-refractivity contribution in [3.63, 3.8) is 0 Å². The molecule has 0 fully saturated rings. The lowest BCUT2D eigenvalue weighted by Gasteiger charge is -2.11. The van der Waals surface area contributed by atoms with Gasteiger partial charge in [0.2, 0.25) is 5.89 Å². The zero-order valence-corrected chi connectivity index (χ0v) is 13.0. The number of nitrogens with zero attached hydrogens (tertiary/aromatic N) is 2. The van der Waals surface area contributed by atoms with Gasteiger partial charge in [0.1, 0.15) is 5.75 Å². The third-order valence-corrected chi connectivity index (χ3v) is 3.68. The fraction of sp³-hybridized carbons (Fsp3) is 0.176. The fourth-order valence-corrected chi connectivity index (χ4v) is 2.16. The van der Waals surface area contributed by atoms with E-state index < -0.39 is 0 Å². The first-order valence-corrected chi connectivity index (χ1v) is 7.33. The maximum atomic E-state index is 6.01. The van der Waals surface area contributed by atoms with Crippen LogP contribution in [0.15, 0.2) is 52.9 Å². The van der Waals surface area contributed by atoms with Crippen molar-refractivity contribution in [2.45, 2.75) is 20.0 Å². The van der Waals surface area contributed by atoms with E-state index in [4.69, 9.17) is 20.8 Å². The molecule has 0 saturated heterocycles. The number of halogens is 1. The lowest BCUT2D eigenvalue weighted by molar-refractivity contribution is 0.189. The van der Waals surface area contributed by atoms with E-state index in [9.17, 15) is 0 Å². The summed E-state index contributed by atoms with van der Waals surface area (Å²) in [6, 6.07) is 15.1. The zero-order valence-electron chi connectivity index (χ0n) is 12.3. The maximum Gasteiger partial charge on any atom is 0.257 e. The summed E-state index contributed by atoms with van der Waals surface area (Å²) in [7, 11) is 0. The van der Waals surface area contributed by atoms with Gasteiger partial charge in [-0.15, -0.1) is 10.2 Å². The van der Waals surface area contributed by atoms with Gasteiger partial charge in [-0.25, -0.2) is 0 Å². The molecule has 112 valence electrons. The number of aromatic nitrogens is 2. The molecule has 0 spiro atoms. The summed E-state index contributed by atoms with van der Waals surface area (Å²) in [5, 5.41) is 8.84. The molecular weight excluding hydrogens is 300 g/mol. The van der Waals surface area contributed by atoms with Crippen molar-refractivity contribution in [2.24, 2.45) is 0 Å².